The number of nitrogens with zero attached hydrogens (tertiary/aromatic N) is 2. The van der Waals surface area contributed by atoms with Crippen molar-refractivity contribution in [1.29, 1.82) is 0 Å². The highest BCUT2D eigenvalue weighted by atomic mass is 19.4. The van der Waals surface area contributed by atoms with Gasteiger partial charge in [-0.25, -0.2) is 9.59 Å². The molecule has 0 radical (unpaired) electrons. The number of halogens is 3. The summed E-state index contributed by atoms with van der Waals surface area (Å²) in [5.41, 5.74) is 0.0682. The van der Waals surface area contributed by atoms with Crippen molar-refractivity contribution in [2.24, 2.45) is 5.92 Å². The van der Waals surface area contributed by atoms with E-state index in [1.165, 1.54) is 17.0 Å². The third-order valence-corrected chi connectivity index (χ3v) is 9.51. The van der Waals surface area contributed by atoms with Gasteiger partial charge < -0.3 is 40.3 Å². The van der Waals surface area contributed by atoms with Gasteiger partial charge in [-0.15, -0.1) is 0 Å². The van der Waals surface area contributed by atoms with Crippen molar-refractivity contribution in [1.82, 2.24) is 15.1 Å². The van der Waals surface area contributed by atoms with Gasteiger partial charge in [-0.3, -0.25) is 4.79 Å². The molecule has 2 aromatic rings. The molecule has 1 fully saturated rings. The van der Waals surface area contributed by atoms with Gasteiger partial charge in [0.25, 0.3) is 5.91 Å². The Balaban J connectivity index is 1.53. The van der Waals surface area contributed by atoms with Crippen LogP contribution in [0, 0.1) is 5.92 Å². The number of aliphatic hydroxyl groups is 1. The Morgan fingerprint density at radius 2 is 1.65 bits per heavy atom. The zero-order valence-electron chi connectivity index (χ0n) is 29.9. The number of hydrogen-bond donors (Lipinski definition) is 4. The van der Waals surface area contributed by atoms with Crippen LogP contribution in [0.25, 0.3) is 0 Å². The molecule has 0 spiro atoms. The lowest BCUT2D eigenvalue weighted by molar-refractivity contribution is -0.137. The maximum Gasteiger partial charge on any atom is 0.416 e. The Hall–Kier alpha value is -4.04. The standard InChI is InChI=1S/C37H52F3N5O6/c1-24-21-45(25(2)23-46)34(47)31-20-30(42-35(48)41-28-11-6-5-7-12-28)17-18-32(31)51-26(3)10-8-9-19-50-33(24)22-44(4)36(49)43-29-15-13-27(14-16-29)37(38,39)40/h13-18,20,24-26,28,33,46H,5-12,19,21-23H2,1-4H3,(H,43,49)(H2,41,42,48)/t24-,25+,26-,33-/m0/s1. The first-order valence-electron chi connectivity index (χ1n) is 17.9. The maximum atomic E-state index is 14.4. The molecule has 5 amide bonds. The van der Waals surface area contributed by atoms with Crippen LogP contribution in [-0.4, -0.2) is 90.5 Å². The van der Waals surface area contributed by atoms with Crippen LogP contribution >= 0.6 is 0 Å². The number of alkyl halides is 3. The molecule has 1 heterocycles. The second kappa shape index (κ2) is 18.5. The molecule has 0 saturated heterocycles. The van der Waals surface area contributed by atoms with Crippen LogP contribution in [-0.2, 0) is 10.9 Å². The number of ether oxygens (including phenoxy) is 2. The monoisotopic (exact) mass is 719 g/mol. The van der Waals surface area contributed by atoms with E-state index < -0.39 is 35.8 Å². The van der Waals surface area contributed by atoms with Gasteiger partial charge in [-0.1, -0.05) is 26.2 Å². The fourth-order valence-electron chi connectivity index (χ4n) is 6.38. The molecule has 11 nitrogen and oxygen atoms in total. The van der Waals surface area contributed by atoms with Crippen LogP contribution in [0.3, 0.4) is 0 Å². The molecule has 2 aliphatic rings. The van der Waals surface area contributed by atoms with Gasteiger partial charge in [0.05, 0.1) is 36.0 Å². The van der Waals surface area contributed by atoms with Crippen molar-refractivity contribution >= 4 is 29.3 Å². The summed E-state index contributed by atoms with van der Waals surface area (Å²) in [7, 11) is 1.56. The van der Waals surface area contributed by atoms with E-state index in [2.05, 4.69) is 16.0 Å². The minimum absolute atomic E-state index is 0.106. The van der Waals surface area contributed by atoms with Crippen molar-refractivity contribution < 1.29 is 42.1 Å². The second-order valence-corrected chi connectivity index (χ2v) is 13.8. The largest absolute Gasteiger partial charge is 0.490 e. The first kappa shape index (κ1) is 39.7. The topological polar surface area (TPSA) is 132 Å². The quantitative estimate of drug-likeness (QED) is 0.241. The SMILES string of the molecule is C[C@H](CO)N1C[C@H](C)[C@H](CN(C)C(=O)Nc2ccc(C(F)(F)F)cc2)OCCCC[C@H](C)Oc2ccc(NC(=O)NC3CCCCC3)cc2C1=O. The molecule has 1 saturated carbocycles. The smallest absolute Gasteiger partial charge is 0.416 e. The fraction of sp³-hybridized carbons (Fsp3) is 0.595. The number of amides is 5. The Bertz CT molecular complexity index is 1450. The lowest BCUT2D eigenvalue weighted by Crippen LogP contribution is -2.48. The van der Waals surface area contributed by atoms with E-state index in [1.54, 1.807) is 37.1 Å². The number of likely N-dealkylation sites (N-methyl/N-ethyl adjacent to an activating group) is 1. The van der Waals surface area contributed by atoms with Crippen molar-refractivity contribution in [3.63, 3.8) is 0 Å². The molecule has 0 unspecified atom stereocenters. The van der Waals surface area contributed by atoms with Gasteiger partial charge in [0.15, 0.2) is 0 Å². The number of carbonyl (C=O) groups excluding carboxylic acids is 3. The zero-order chi connectivity index (χ0) is 37.1. The summed E-state index contributed by atoms with van der Waals surface area (Å²) in [6, 6.07) is 7.84. The third-order valence-electron chi connectivity index (χ3n) is 9.51. The van der Waals surface area contributed by atoms with Crippen LogP contribution in [0.4, 0.5) is 34.1 Å². The Labute approximate surface area is 298 Å². The molecular formula is C37H52F3N5O6. The summed E-state index contributed by atoms with van der Waals surface area (Å²) in [6.45, 7) is 5.93. The first-order chi connectivity index (χ1) is 24.2. The van der Waals surface area contributed by atoms with Crippen molar-refractivity contribution in [2.75, 3.05) is 44.0 Å². The van der Waals surface area contributed by atoms with Crippen molar-refractivity contribution in [2.45, 2.75) is 103 Å². The summed E-state index contributed by atoms with van der Waals surface area (Å²) >= 11 is 0. The summed E-state index contributed by atoms with van der Waals surface area (Å²) in [5, 5.41) is 18.7. The number of benzene rings is 2. The number of nitrogens with one attached hydrogen (secondary N) is 3. The van der Waals surface area contributed by atoms with Gasteiger partial charge >= 0.3 is 18.2 Å². The van der Waals surface area contributed by atoms with Gasteiger partial charge in [0.2, 0.25) is 0 Å². The van der Waals surface area contributed by atoms with Crippen LogP contribution < -0.4 is 20.7 Å². The number of aliphatic hydroxyl groups excluding tert-OH is 1. The minimum Gasteiger partial charge on any atom is -0.490 e. The predicted octanol–water partition coefficient (Wildman–Crippen LogP) is 7.12. The molecule has 14 heteroatoms. The summed E-state index contributed by atoms with van der Waals surface area (Å²) in [4.78, 5) is 43.3. The van der Waals surface area contributed by atoms with E-state index >= 15 is 0 Å². The molecule has 51 heavy (non-hydrogen) atoms. The predicted molar refractivity (Wildman–Crippen MR) is 189 cm³/mol. The Morgan fingerprint density at radius 3 is 2.31 bits per heavy atom. The third kappa shape index (κ3) is 11.7. The van der Waals surface area contributed by atoms with Crippen molar-refractivity contribution in [3.05, 3.63) is 53.6 Å². The van der Waals surface area contributed by atoms with Crippen LogP contribution in [0.2, 0.25) is 0 Å². The average molecular weight is 720 g/mol. The van der Waals surface area contributed by atoms with Crippen LogP contribution in [0.5, 0.6) is 5.75 Å². The minimum atomic E-state index is -4.49. The van der Waals surface area contributed by atoms with Gasteiger partial charge in [0, 0.05) is 50.1 Å². The number of rotatable bonds is 7. The van der Waals surface area contributed by atoms with E-state index in [1.807, 2.05) is 13.8 Å². The van der Waals surface area contributed by atoms with E-state index in [-0.39, 0.29) is 55.0 Å². The Morgan fingerprint density at radius 1 is 0.980 bits per heavy atom. The molecule has 0 aromatic heterocycles. The average Bonchev–Trinajstić information content (AvgIpc) is 3.09. The van der Waals surface area contributed by atoms with Gasteiger partial charge in [0.1, 0.15) is 5.75 Å². The molecule has 4 atom stereocenters. The summed E-state index contributed by atoms with van der Waals surface area (Å²) in [5.74, 6) is -0.345. The molecule has 1 aliphatic heterocycles. The number of fused-ring (bicyclic) bond motifs is 1. The van der Waals surface area contributed by atoms with Gasteiger partial charge in [-0.05, 0) is 88.4 Å². The lowest BCUT2D eigenvalue weighted by Gasteiger charge is -2.35. The molecule has 282 valence electrons. The van der Waals surface area contributed by atoms with Crippen LogP contribution in [0.1, 0.15) is 88.1 Å². The van der Waals surface area contributed by atoms with E-state index in [4.69, 9.17) is 9.47 Å². The number of anilines is 2. The highest BCUT2D eigenvalue weighted by molar-refractivity contribution is 5.99. The highest BCUT2D eigenvalue weighted by Gasteiger charge is 2.32. The zero-order valence-corrected chi connectivity index (χ0v) is 29.9. The van der Waals surface area contributed by atoms with E-state index in [0.29, 0.717) is 24.5 Å². The number of carbonyl (C=O) groups is 3. The molecule has 4 rings (SSSR count). The number of hydrogen-bond acceptors (Lipinski definition) is 6. The van der Waals surface area contributed by atoms with Gasteiger partial charge in [-0.2, -0.15) is 13.2 Å². The fourth-order valence-corrected chi connectivity index (χ4v) is 6.38. The first-order valence-corrected chi connectivity index (χ1v) is 17.9. The van der Waals surface area contributed by atoms with E-state index in [0.717, 1.165) is 57.1 Å². The molecule has 4 N–H and O–H groups in total. The normalized spacial score (nSPS) is 21.8. The number of urea groups is 2. The molecule has 1 aliphatic carbocycles. The molecule has 0 bridgehead atoms. The molecular weight excluding hydrogens is 667 g/mol. The Kier molecular flexibility index (Phi) is 14.4. The lowest BCUT2D eigenvalue weighted by atomic mass is 9.96. The van der Waals surface area contributed by atoms with Crippen molar-refractivity contribution in [3.8, 4) is 5.75 Å². The maximum absolute atomic E-state index is 14.4. The van der Waals surface area contributed by atoms with E-state index in [9.17, 15) is 32.7 Å². The van der Waals surface area contributed by atoms with Crippen LogP contribution in [0.15, 0.2) is 42.5 Å². The summed E-state index contributed by atoms with van der Waals surface area (Å²) < 4.78 is 51.6. The molecule has 2 aromatic carbocycles. The summed E-state index contributed by atoms with van der Waals surface area (Å²) in [6.07, 6.45) is 2.12. The highest BCUT2D eigenvalue weighted by Crippen LogP contribution is 2.31. The second-order valence-electron chi connectivity index (χ2n) is 13.8.